The second-order valence-electron chi connectivity index (χ2n) is 4.98. The number of thiophene rings is 1. The van der Waals surface area contributed by atoms with Crippen molar-refractivity contribution in [3.63, 3.8) is 0 Å². The van der Waals surface area contributed by atoms with E-state index in [1.54, 1.807) is 24.5 Å². The highest BCUT2D eigenvalue weighted by atomic mass is 79.9. The van der Waals surface area contributed by atoms with Crippen LogP contribution in [0.2, 0.25) is 0 Å². The summed E-state index contributed by atoms with van der Waals surface area (Å²) in [7, 11) is 1.80. The minimum atomic E-state index is -0.0830. The van der Waals surface area contributed by atoms with Crippen LogP contribution in [0.4, 0.5) is 5.82 Å². The molecule has 2 N–H and O–H groups in total. The Morgan fingerprint density at radius 2 is 2.14 bits per heavy atom. The Morgan fingerprint density at radius 3 is 2.71 bits per heavy atom. The van der Waals surface area contributed by atoms with E-state index in [0.717, 1.165) is 15.0 Å². The fourth-order valence-electron chi connectivity index (χ4n) is 1.82. The Morgan fingerprint density at radius 1 is 1.38 bits per heavy atom. The number of halogens is 1. The number of carbonyl (C=O) groups excluding carboxylic acids is 1. The van der Waals surface area contributed by atoms with Crippen molar-refractivity contribution in [2.75, 3.05) is 12.4 Å². The van der Waals surface area contributed by atoms with Crippen LogP contribution in [-0.4, -0.2) is 17.9 Å². The number of hydrogen-bond donors (Lipinski definition) is 2. The largest absolute Gasteiger partial charge is 0.373 e. The summed E-state index contributed by atoms with van der Waals surface area (Å²) in [5.41, 5.74) is 1.54. The molecule has 0 spiro atoms. The number of nitrogens with zero attached hydrogens (tertiary/aromatic N) is 1. The average Bonchev–Trinajstić information content (AvgIpc) is 2.89. The Hall–Kier alpha value is -1.40. The topological polar surface area (TPSA) is 54.0 Å². The number of amides is 1. The van der Waals surface area contributed by atoms with Crippen molar-refractivity contribution >= 4 is 39.0 Å². The van der Waals surface area contributed by atoms with Gasteiger partial charge in [-0.2, -0.15) is 0 Å². The van der Waals surface area contributed by atoms with Crippen LogP contribution in [0.5, 0.6) is 0 Å². The molecule has 0 saturated heterocycles. The summed E-state index contributed by atoms with van der Waals surface area (Å²) in [6, 6.07) is 5.63. The van der Waals surface area contributed by atoms with Gasteiger partial charge in [-0.15, -0.1) is 11.3 Å². The van der Waals surface area contributed by atoms with Gasteiger partial charge in [-0.25, -0.2) is 4.98 Å². The standard InChI is InChI=1S/C15H18BrN3OS/c1-9(2)13-4-10(5-14(17-3)19-13)15(20)18-7-12-6-11(16)8-21-12/h4-6,8-9H,7H2,1-3H3,(H,17,19)(H,18,20). The zero-order valence-corrected chi connectivity index (χ0v) is 14.6. The molecule has 0 fully saturated rings. The predicted octanol–water partition coefficient (Wildman–Crippen LogP) is 4.00. The molecular formula is C15H18BrN3OS. The summed E-state index contributed by atoms with van der Waals surface area (Å²) in [6.45, 7) is 4.66. The quantitative estimate of drug-likeness (QED) is 0.839. The molecule has 2 aromatic rings. The molecule has 112 valence electrons. The Labute approximate surface area is 137 Å². The van der Waals surface area contributed by atoms with Gasteiger partial charge in [-0.1, -0.05) is 13.8 Å². The molecule has 0 aliphatic carbocycles. The second kappa shape index (κ2) is 7.04. The monoisotopic (exact) mass is 367 g/mol. The second-order valence-corrected chi connectivity index (χ2v) is 6.90. The van der Waals surface area contributed by atoms with Crippen molar-refractivity contribution in [2.24, 2.45) is 0 Å². The SMILES string of the molecule is CNc1cc(C(=O)NCc2cc(Br)cs2)cc(C(C)C)n1. The lowest BCUT2D eigenvalue weighted by molar-refractivity contribution is 0.0951. The maximum atomic E-state index is 12.3. The zero-order valence-electron chi connectivity index (χ0n) is 12.2. The lowest BCUT2D eigenvalue weighted by atomic mass is 10.1. The molecule has 0 unspecified atom stereocenters. The predicted molar refractivity (Wildman–Crippen MR) is 91.1 cm³/mol. The van der Waals surface area contributed by atoms with E-state index in [2.05, 4.69) is 45.4 Å². The maximum absolute atomic E-state index is 12.3. The van der Waals surface area contributed by atoms with Crippen molar-refractivity contribution in [1.29, 1.82) is 0 Å². The fraction of sp³-hybridized carbons (Fsp3) is 0.333. The van der Waals surface area contributed by atoms with E-state index in [4.69, 9.17) is 0 Å². The molecule has 0 aliphatic rings. The highest BCUT2D eigenvalue weighted by Crippen LogP contribution is 2.20. The number of hydrogen-bond acceptors (Lipinski definition) is 4. The van der Waals surface area contributed by atoms with E-state index in [-0.39, 0.29) is 11.8 Å². The van der Waals surface area contributed by atoms with Crippen molar-refractivity contribution in [2.45, 2.75) is 26.3 Å². The molecular weight excluding hydrogens is 350 g/mol. The summed E-state index contributed by atoms with van der Waals surface area (Å²) >= 11 is 5.03. The van der Waals surface area contributed by atoms with Crippen LogP contribution >= 0.6 is 27.3 Å². The van der Waals surface area contributed by atoms with E-state index in [9.17, 15) is 4.79 Å². The zero-order chi connectivity index (χ0) is 15.4. The summed E-state index contributed by atoms with van der Waals surface area (Å²) in [5.74, 6) is 0.906. The van der Waals surface area contributed by atoms with E-state index in [1.807, 2.05) is 17.5 Å². The number of carbonyl (C=O) groups is 1. The summed E-state index contributed by atoms with van der Waals surface area (Å²) in [5, 5.41) is 7.94. The molecule has 0 aromatic carbocycles. The smallest absolute Gasteiger partial charge is 0.251 e. The van der Waals surface area contributed by atoms with Gasteiger partial charge in [0, 0.05) is 33.0 Å². The molecule has 1 amide bonds. The molecule has 2 aromatic heterocycles. The molecule has 21 heavy (non-hydrogen) atoms. The van der Waals surface area contributed by atoms with Gasteiger partial charge < -0.3 is 10.6 Å². The van der Waals surface area contributed by atoms with Crippen molar-refractivity contribution < 1.29 is 4.79 Å². The minimum absolute atomic E-state index is 0.0830. The van der Waals surface area contributed by atoms with Gasteiger partial charge in [-0.3, -0.25) is 4.79 Å². The Bertz CT molecular complexity index is 640. The molecule has 2 heterocycles. The highest BCUT2D eigenvalue weighted by Gasteiger charge is 2.11. The lowest BCUT2D eigenvalue weighted by Crippen LogP contribution is -2.23. The molecule has 6 heteroatoms. The number of rotatable bonds is 5. The third-order valence-electron chi connectivity index (χ3n) is 3.00. The maximum Gasteiger partial charge on any atom is 0.251 e. The molecule has 0 saturated carbocycles. The molecule has 0 atom stereocenters. The van der Waals surface area contributed by atoms with Gasteiger partial charge in [0.2, 0.25) is 0 Å². The van der Waals surface area contributed by atoms with E-state index < -0.39 is 0 Å². The molecule has 0 radical (unpaired) electrons. The average molecular weight is 368 g/mol. The first kappa shape index (κ1) is 16.0. The lowest BCUT2D eigenvalue weighted by Gasteiger charge is -2.11. The fourth-order valence-corrected chi connectivity index (χ4v) is 3.21. The summed E-state index contributed by atoms with van der Waals surface area (Å²) in [6.07, 6.45) is 0. The van der Waals surface area contributed by atoms with Crippen LogP contribution in [0.15, 0.2) is 28.1 Å². The van der Waals surface area contributed by atoms with Gasteiger partial charge in [-0.05, 0) is 40.0 Å². The van der Waals surface area contributed by atoms with Crippen molar-refractivity contribution in [3.05, 3.63) is 44.2 Å². The first-order valence-corrected chi connectivity index (χ1v) is 8.37. The number of nitrogens with one attached hydrogen (secondary N) is 2. The molecule has 0 bridgehead atoms. The number of aromatic nitrogens is 1. The van der Waals surface area contributed by atoms with Crippen LogP contribution in [0, 0.1) is 0 Å². The van der Waals surface area contributed by atoms with Crippen LogP contribution < -0.4 is 10.6 Å². The van der Waals surface area contributed by atoms with Gasteiger partial charge in [0.05, 0.1) is 6.54 Å². The van der Waals surface area contributed by atoms with Gasteiger partial charge in [0.15, 0.2) is 0 Å². The van der Waals surface area contributed by atoms with Crippen LogP contribution in [0.3, 0.4) is 0 Å². The van der Waals surface area contributed by atoms with Gasteiger partial charge in [0.25, 0.3) is 5.91 Å². The summed E-state index contributed by atoms with van der Waals surface area (Å²) in [4.78, 5) is 17.9. The van der Waals surface area contributed by atoms with Crippen LogP contribution in [0.25, 0.3) is 0 Å². The minimum Gasteiger partial charge on any atom is -0.373 e. The third kappa shape index (κ3) is 4.28. The van der Waals surface area contributed by atoms with Gasteiger partial charge >= 0.3 is 0 Å². The Kier molecular flexibility index (Phi) is 5.36. The van der Waals surface area contributed by atoms with E-state index >= 15 is 0 Å². The first-order chi connectivity index (χ1) is 9.99. The van der Waals surface area contributed by atoms with Crippen molar-refractivity contribution in [3.8, 4) is 0 Å². The number of pyridine rings is 1. The first-order valence-electron chi connectivity index (χ1n) is 6.70. The van der Waals surface area contributed by atoms with Crippen molar-refractivity contribution in [1.82, 2.24) is 10.3 Å². The molecule has 2 rings (SSSR count). The third-order valence-corrected chi connectivity index (χ3v) is 4.70. The Balaban J connectivity index is 2.12. The highest BCUT2D eigenvalue weighted by molar-refractivity contribution is 9.10. The van der Waals surface area contributed by atoms with Crippen LogP contribution in [-0.2, 0) is 6.54 Å². The normalized spacial score (nSPS) is 10.7. The van der Waals surface area contributed by atoms with Gasteiger partial charge in [0.1, 0.15) is 5.82 Å². The number of anilines is 1. The molecule has 4 nitrogen and oxygen atoms in total. The van der Waals surface area contributed by atoms with E-state index in [0.29, 0.717) is 17.9 Å². The van der Waals surface area contributed by atoms with Crippen LogP contribution in [0.1, 0.15) is 40.7 Å². The van der Waals surface area contributed by atoms with E-state index in [1.165, 1.54) is 0 Å². The summed E-state index contributed by atoms with van der Waals surface area (Å²) < 4.78 is 1.04. The molecule has 0 aliphatic heterocycles.